The highest BCUT2D eigenvalue weighted by Crippen LogP contribution is 2.30. The molecular formula is C21H27N3O3S2. The highest BCUT2D eigenvalue weighted by Gasteiger charge is 2.31. The third-order valence-corrected chi connectivity index (χ3v) is 8.95. The SMILES string of the molecule is Cc1ccc(S(=O)(=O)N2CCCCC2C)cc1C(=O)Nc1nc2c(s1)CCCC2. The van der Waals surface area contributed by atoms with Gasteiger partial charge < -0.3 is 0 Å². The fourth-order valence-corrected chi connectivity index (χ4v) is 6.91. The summed E-state index contributed by atoms with van der Waals surface area (Å²) in [6.07, 6.45) is 7.07. The molecule has 8 heteroatoms. The number of thiazole rings is 1. The Morgan fingerprint density at radius 1 is 1.21 bits per heavy atom. The number of carbonyl (C=O) groups is 1. The Hall–Kier alpha value is -1.77. The Labute approximate surface area is 176 Å². The van der Waals surface area contributed by atoms with E-state index in [1.165, 1.54) is 22.3 Å². The number of nitrogens with zero attached hydrogens (tertiary/aromatic N) is 2. The number of nitrogens with one attached hydrogen (secondary N) is 1. The van der Waals surface area contributed by atoms with E-state index in [1.54, 1.807) is 16.4 Å². The Bertz CT molecular complexity index is 1010. The zero-order valence-corrected chi connectivity index (χ0v) is 18.5. The molecule has 1 saturated heterocycles. The van der Waals surface area contributed by atoms with Crippen LogP contribution in [0.25, 0.3) is 0 Å². The zero-order chi connectivity index (χ0) is 20.6. The van der Waals surface area contributed by atoms with Gasteiger partial charge in [-0.2, -0.15) is 4.31 Å². The molecule has 1 unspecified atom stereocenters. The fourth-order valence-electron chi connectivity index (χ4n) is 4.14. The molecule has 156 valence electrons. The molecule has 0 bridgehead atoms. The van der Waals surface area contributed by atoms with E-state index in [4.69, 9.17) is 0 Å². The highest BCUT2D eigenvalue weighted by atomic mass is 32.2. The molecule has 29 heavy (non-hydrogen) atoms. The summed E-state index contributed by atoms with van der Waals surface area (Å²) >= 11 is 1.53. The Kier molecular flexibility index (Phi) is 5.77. The van der Waals surface area contributed by atoms with E-state index in [-0.39, 0.29) is 16.8 Å². The average molecular weight is 434 g/mol. The molecular weight excluding hydrogens is 406 g/mol. The number of rotatable bonds is 4. The molecule has 4 rings (SSSR count). The molecule has 6 nitrogen and oxygen atoms in total. The van der Waals surface area contributed by atoms with Crippen LogP contribution in [-0.4, -0.2) is 36.2 Å². The predicted octanol–water partition coefficient (Wildman–Crippen LogP) is 4.15. The molecule has 1 aliphatic heterocycles. The van der Waals surface area contributed by atoms with Crippen molar-refractivity contribution in [3.05, 3.63) is 39.9 Å². The Balaban J connectivity index is 1.59. The average Bonchev–Trinajstić information content (AvgIpc) is 3.10. The van der Waals surface area contributed by atoms with Crippen molar-refractivity contribution in [2.45, 2.75) is 69.7 Å². The summed E-state index contributed by atoms with van der Waals surface area (Å²) in [5, 5.41) is 3.48. The molecule has 1 fully saturated rings. The van der Waals surface area contributed by atoms with E-state index in [2.05, 4.69) is 10.3 Å². The number of anilines is 1. The maximum atomic E-state index is 13.2. The van der Waals surface area contributed by atoms with Crippen LogP contribution in [0.15, 0.2) is 23.1 Å². The lowest BCUT2D eigenvalue weighted by Crippen LogP contribution is -2.42. The monoisotopic (exact) mass is 433 g/mol. The van der Waals surface area contributed by atoms with Gasteiger partial charge in [-0.05, 0) is 70.1 Å². The van der Waals surface area contributed by atoms with Crippen LogP contribution < -0.4 is 5.32 Å². The fraction of sp³-hybridized carbons (Fsp3) is 0.524. The first-order chi connectivity index (χ1) is 13.9. The van der Waals surface area contributed by atoms with Gasteiger partial charge >= 0.3 is 0 Å². The van der Waals surface area contributed by atoms with E-state index in [0.29, 0.717) is 17.2 Å². The third kappa shape index (κ3) is 4.11. The van der Waals surface area contributed by atoms with E-state index >= 15 is 0 Å². The number of aryl methyl sites for hydroxylation is 3. The second-order valence-electron chi connectivity index (χ2n) is 7.99. The van der Waals surface area contributed by atoms with Gasteiger partial charge in [-0.15, -0.1) is 11.3 Å². The quantitative estimate of drug-likeness (QED) is 0.786. The van der Waals surface area contributed by atoms with E-state index in [1.807, 2.05) is 13.8 Å². The highest BCUT2D eigenvalue weighted by molar-refractivity contribution is 7.89. The minimum absolute atomic E-state index is 0.0195. The molecule has 2 heterocycles. The van der Waals surface area contributed by atoms with Crippen molar-refractivity contribution in [1.82, 2.24) is 9.29 Å². The van der Waals surface area contributed by atoms with Crippen LogP contribution in [0, 0.1) is 6.92 Å². The lowest BCUT2D eigenvalue weighted by atomic mass is 10.0. The molecule has 0 spiro atoms. The Morgan fingerprint density at radius 2 is 2.00 bits per heavy atom. The summed E-state index contributed by atoms with van der Waals surface area (Å²) in [5.74, 6) is -0.308. The first-order valence-electron chi connectivity index (χ1n) is 10.3. The number of piperidine rings is 1. The van der Waals surface area contributed by atoms with Crippen LogP contribution in [0.4, 0.5) is 5.13 Å². The predicted molar refractivity (Wildman–Crippen MR) is 115 cm³/mol. The number of hydrogen-bond donors (Lipinski definition) is 1. The topological polar surface area (TPSA) is 79.4 Å². The maximum Gasteiger partial charge on any atom is 0.257 e. The van der Waals surface area contributed by atoms with Gasteiger partial charge in [0.2, 0.25) is 10.0 Å². The van der Waals surface area contributed by atoms with Crippen molar-refractivity contribution in [3.63, 3.8) is 0 Å². The molecule has 1 atom stereocenters. The number of hydrogen-bond acceptors (Lipinski definition) is 5. The van der Waals surface area contributed by atoms with Crippen molar-refractivity contribution in [2.24, 2.45) is 0 Å². The number of benzene rings is 1. The van der Waals surface area contributed by atoms with Gasteiger partial charge in [0.05, 0.1) is 10.6 Å². The second kappa shape index (κ2) is 8.16. The van der Waals surface area contributed by atoms with E-state index < -0.39 is 10.0 Å². The molecule has 1 N–H and O–H groups in total. The molecule has 1 aromatic heterocycles. The summed E-state index contributed by atoms with van der Waals surface area (Å²) in [4.78, 5) is 18.9. The zero-order valence-electron chi connectivity index (χ0n) is 16.9. The van der Waals surface area contributed by atoms with E-state index in [0.717, 1.165) is 56.2 Å². The van der Waals surface area contributed by atoms with Gasteiger partial charge in [-0.1, -0.05) is 12.5 Å². The van der Waals surface area contributed by atoms with Crippen LogP contribution in [0.2, 0.25) is 0 Å². The first-order valence-corrected chi connectivity index (χ1v) is 12.5. The third-order valence-electron chi connectivity index (χ3n) is 5.87. The summed E-state index contributed by atoms with van der Waals surface area (Å²) in [7, 11) is -3.62. The van der Waals surface area contributed by atoms with E-state index in [9.17, 15) is 13.2 Å². The van der Waals surface area contributed by atoms with Crippen LogP contribution in [0.5, 0.6) is 0 Å². The van der Waals surface area contributed by atoms with Gasteiger partial charge in [0.15, 0.2) is 5.13 Å². The van der Waals surface area contributed by atoms with Gasteiger partial charge in [-0.25, -0.2) is 13.4 Å². The number of carbonyl (C=O) groups excluding carboxylic acids is 1. The number of aromatic nitrogens is 1. The number of amides is 1. The van der Waals surface area contributed by atoms with Crippen molar-refractivity contribution in [1.29, 1.82) is 0 Å². The van der Waals surface area contributed by atoms with Crippen LogP contribution in [0.3, 0.4) is 0 Å². The summed E-state index contributed by atoms with van der Waals surface area (Å²) in [6, 6.07) is 4.80. The van der Waals surface area contributed by atoms with Crippen molar-refractivity contribution >= 4 is 32.4 Å². The largest absolute Gasteiger partial charge is 0.298 e. The minimum Gasteiger partial charge on any atom is -0.298 e. The van der Waals surface area contributed by atoms with Gasteiger partial charge in [0.25, 0.3) is 5.91 Å². The molecule has 1 amide bonds. The molecule has 0 saturated carbocycles. The summed E-state index contributed by atoms with van der Waals surface area (Å²) in [5.41, 5.74) is 2.21. The number of sulfonamides is 1. The normalized spacial score (nSPS) is 20.3. The molecule has 0 radical (unpaired) electrons. The second-order valence-corrected chi connectivity index (χ2v) is 11.0. The first kappa shape index (κ1) is 20.5. The standard InChI is InChI=1S/C21H27N3O3S2/c1-14-10-11-16(29(26,27)24-12-6-5-7-15(24)2)13-17(14)20(25)23-21-22-18-8-3-4-9-19(18)28-21/h10-11,13,15H,3-9,12H2,1-2H3,(H,22,23,25). The molecule has 1 aromatic carbocycles. The van der Waals surface area contributed by atoms with Crippen molar-refractivity contribution < 1.29 is 13.2 Å². The minimum atomic E-state index is -3.62. The van der Waals surface area contributed by atoms with Crippen LogP contribution >= 0.6 is 11.3 Å². The van der Waals surface area contributed by atoms with Crippen LogP contribution in [-0.2, 0) is 22.9 Å². The lowest BCUT2D eigenvalue weighted by Gasteiger charge is -2.32. The number of fused-ring (bicyclic) bond motifs is 1. The maximum absolute atomic E-state index is 13.2. The van der Waals surface area contributed by atoms with Crippen molar-refractivity contribution in [2.75, 3.05) is 11.9 Å². The van der Waals surface area contributed by atoms with Gasteiger partial charge in [-0.3, -0.25) is 10.1 Å². The van der Waals surface area contributed by atoms with Crippen LogP contribution in [0.1, 0.15) is 65.5 Å². The smallest absolute Gasteiger partial charge is 0.257 e. The van der Waals surface area contributed by atoms with Crippen molar-refractivity contribution in [3.8, 4) is 0 Å². The summed E-state index contributed by atoms with van der Waals surface area (Å²) < 4.78 is 27.9. The molecule has 2 aliphatic rings. The summed E-state index contributed by atoms with van der Waals surface area (Å²) in [6.45, 7) is 4.30. The Morgan fingerprint density at radius 3 is 2.76 bits per heavy atom. The molecule has 1 aliphatic carbocycles. The molecule has 2 aromatic rings. The van der Waals surface area contributed by atoms with Gasteiger partial charge in [0, 0.05) is 23.0 Å². The van der Waals surface area contributed by atoms with Gasteiger partial charge in [0.1, 0.15) is 0 Å². The lowest BCUT2D eigenvalue weighted by molar-refractivity contribution is 0.102.